The molecule has 1 unspecified atom stereocenters. The quantitative estimate of drug-likeness (QED) is 0.784. The van der Waals surface area contributed by atoms with Gasteiger partial charge < -0.3 is 14.0 Å². The molecule has 1 aromatic carbocycles. The second-order valence-corrected chi connectivity index (χ2v) is 4.43. The van der Waals surface area contributed by atoms with Gasteiger partial charge in [-0.3, -0.25) is 0 Å². The molecule has 0 aliphatic carbocycles. The number of aromatic nitrogens is 1. The molecule has 1 atom stereocenters. The fourth-order valence-electron chi connectivity index (χ4n) is 1.61. The summed E-state index contributed by atoms with van der Waals surface area (Å²) in [5.41, 5.74) is 1.07. The van der Waals surface area contributed by atoms with Crippen molar-refractivity contribution >= 4 is 5.97 Å². The van der Waals surface area contributed by atoms with Crippen LogP contribution >= 0.6 is 0 Å². The van der Waals surface area contributed by atoms with Gasteiger partial charge >= 0.3 is 5.97 Å². The summed E-state index contributed by atoms with van der Waals surface area (Å²) < 4.78 is 15.4. The smallest absolute Gasteiger partial charge is 0.347 e. The van der Waals surface area contributed by atoms with Crippen molar-refractivity contribution in [2.24, 2.45) is 0 Å². The lowest BCUT2D eigenvalue weighted by molar-refractivity contribution is -0.152. The summed E-state index contributed by atoms with van der Waals surface area (Å²) in [5.74, 6) is 0.652. The highest BCUT2D eigenvalue weighted by Crippen LogP contribution is 2.14. The molecule has 0 N–H and O–H groups in total. The lowest BCUT2D eigenvalue weighted by atomic mass is 10.2. The van der Waals surface area contributed by atoms with Crippen molar-refractivity contribution < 1.29 is 18.8 Å². The van der Waals surface area contributed by atoms with E-state index in [-0.39, 0.29) is 6.61 Å². The number of esters is 1. The second kappa shape index (κ2) is 6.57. The topological polar surface area (TPSA) is 85.4 Å². The molecule has 0 bridgehead atoms. The first kappa shape index (κ1) is 14.6. The van der Waals surface area contributed by atoms with E-state index in [0.717, 1.165) is 0 Å². The SMILES string of the molecule is Cc1cc(COC(=O)C(C)Oc2ccc(C#N)cc2)no1. The van der Waals surface area contributed by atoms with E-state index in [1.165, 1.54) is 0 Å². The van der Waals surface area contributed by atoms with E-state index in [1.54, 1.807) is 44.2 Å². The molecule has 108 valence electrons. The zero-order valence-electron chi connectivity index (χ0n) is 11.7. The van der Waals surface area contributed by atoms with E-state index in [0.29, 0.717) is 22.8 Å². The molecule has 0 radical (unpaired) electrons. The average Bonchev–Trinajstić information content (AvgIpc) is 2.91. The standard InChI is InChI=1S/C15H14N2O4/c1-10-7-13(17-21-10)9-19-15(18)11(2)20-14-5-3-12(8-16)4-6-14/h3-7,11H,9H2,1-2H3. The minimum absolute atomic E-state index is 0.0389. The predicted molar refractivity (Wildman–Crippen MR) is 72.3 cm³/mol. The maximum Gasteiger partial charge on any atom is 0.347 e. The fourth-order valence-corrected chi connectivity index (χ4v) is 1.61. The number of nitriles is 1. The van der Waals surface area contributed by atoms with Crippen LogP contribution in [0.3, 0.4) is 0 Å². The molecule has 6 heteroatoms. The summed E-state index contributed by atoms with van der Waals surface area (Å²) in [6.45, 7) is 3.39. The molecule has 0 amide bonds. The number of nitrogens with zero attached hydrogens (tertiary/aromatic N) is 2. The normalized spacial score (nSPS) is 11.5. The highest BCUT2D eigenvalue weighted by Gasteiger charge is 2.17. The van der Waals surface area contributed by atoms with Crippen LogP contribution < -0.4 is 4.74 Å². The molecule has 0 saturated heterocycles. The Morgan fingerprint density at radius 1 is 1.43 bits per heavy atom. The number of aryl methyl sites for hydroxylation is 1. The van der Waals surface area contributed by atoms with Crippen LogP contribution in [-0.2, 0) is 16.1 Å². The van der Waals surface area contributed by atoms with E-state index in [4.69, 9.17) is 19.3 Å². The maximum absolute atomic E-state index is 11.8. The van der Waals surface area contributed by atoms with Crippen LogP contribution in [0.15, 0.2) is 34.9 Å². The van der Waals surface area contributed by atoms with Gasteiger partial charge in [0.25, 0.3) is 0 Å². The van der Waals surface area contributed by atoms with Crippen LogP contribution in [0.4, 0.5) is 0 Å². The number of ether oxygens (including phenoxy) is 2. The lowest BCUT2D eigenvalue weighted by Gasteiger charge is -2.13. The van der Waals surface area contributed by atoms with Crippen molar-refractivity contribution in [1.29, 1.82) is 5.26 Å². The zero-order valence-corrected chi connectivity index (χ0v) is 11.7. The summed E-state index contributed by atoms with van der Waals surface area (Å²) in [5, 5.41) is 12.4. The van der Waals surface area contributed by atoms with Gasteiger partial charge in [0.05, 0.1) is 11.6 Å². The number of carbonyl (C=O) groups is 1. The Morgan fingerprint density at radius 2 is 2.14 bits per heavy atom. The van der Waals surface area contributed by atoms with Crippen molar-refractivity contribution in [2.75, 3.05) is 0 Å². The van der Waals surface area contributed by atoms with Gasteiger partial charge in [-0.1, -0.05) is 5.16 Å². The molecule has 21 heavy (non-hydrogen) atoms. The predicted octanol–water partition coefficient (Wildman–Crippen LogP) is 2.37. The van der Waals surface area contributed by atoms with E-state index >= 15 is 0 Å². The Hall–Kier alpha value is -2.81. The van der Waals surface area contributed by atoms with Crippen LogP contribution in [0.2, 0.25) is 0 Å². The third-order valence-electron chi connectivity index (χ3n) is 2.67. The minimum atomic E-state index is -0.758. The van der Waals surface area contributed by atoms with Gasteiger partial charge in [-0.25, -0.2) is 4.79 Å². The van der Waals surface area contributed by atoms with Crippen molar-refractivity contribution in [3.63, 3.8) is 0 Å². The molecule has 1 aromatic heterocycles. The average molecular weight is 286 g/mol. The highest BCUT2D eigenvalue weighted by atomic mass is 16.6. The van der Waals surface area contributed by atoms with Crippen LogP contribution in [0.25, 0.3) is 0 Å². The van der Waals surface area contributed by atoms with Gasteiger partial charge in [-0.05, 0) is 38.1 Å². The number of carbonyl (C=O) groups excluding carboxylic acids is 1. The van der Waals surface area contributed by atoms with E-state index < -0.39 is 12.1 Å². The summed E-state index contributed by atoms with van der Waals surface area (Å²) in [4.78, 5) is 11.8. The Bertz CT molecular complexity index is 655. The van der Waals surface area contributed by atoms with Gasteiger partial charge in [0, 0.05) is 6.07 Å². The molecule has 0 saturated carbocycles. The maximum atomic E-state index is 11.8. The van der Waals surface area contributed by atoms with Gasteiger partial charge in [-0.2, -0.15) is 5.26 Å². The molecule has 0 spiro atoms. The first-order valence-corrected chi connectivity index (χ1v) is 6.34. The summed E-state index contributed by atoms with van der Waals surface area (Å²) in [6.07, 6.45) is -0.758. The minimum Gasteiger partial charge on any atom is -0.479 e. The summed E-state index contributed by atoms with van der Waals surface area (Å²) >= 11 is 0. The van der Waals surface area contributed by atoms with Crippen molar-refractivity contribution in [3.05, 3.63) is 47.3 Å². The second-order valence-electron chi connectivity index (χ2n) is 4.43. The van der Waals surface area contributed by atoms with Gasteiger partial charge in [-0.15, -0.1) is 0 Å². The highest BCUT2D eigenvalue weighted by molar-refractivity contribution is 5.74. The number of rotatable bonds is 5. The van der Waals surface area contributed by atoms with Crippen molar-refractivity contribution in [1.82, 2.24) is 5.16 Å². The summed E-state index contributed by atoms with van der Waals surface area (Å²) in [7, 11) is 0. The van der Waals surface area contributed by atoms with Gasteiger partial charge in [0.2, 0.25) is 0 Å². The van der Waals surface area contributed by atoms with E-state index in [1.807, 2.05) is 6.07 Å². The molecule has 1 heterocycles. The molecule has 6 nitrogen and oxygen atoms in total. The van der Waals surface area contributed by atoms with Gasteiger partial charge in [0.1, 0.15) is 23.8 Å². The van der Waals surface area contributed by atoms with Crippen LogP contribution in [0.5, 0.6) is 5.75 Å². The number of benzene rings is 1. The Labute approximate surface area is 121 Å². The molecule has 0 fully saturated rings. The summed E-state index contributed by atoms with van der Waals surface area (Å²) in [6, 6.07) is 10.2. The van der Waals surface area contributed by atoms with Crippen LogP contribution in [0.1, 0.15) is 23.9 Å². The van der Waals surface area contributed by atoms with E-state index in [2.05, 4.69) is 5.16 Å². The molecular formula is C15H14N2O4. The zero-order chi connectivity index (χ0) is 15.2. The molecule has 2 rings (SSSR count). The largest absolute Gasteiger partial charge is 0.479 e. The Kier molecular flexibility index (Phi) is 4.57. The Morgan fingerprint density at radius 3 is 2.71 bits per heavy atom. The van der Waals surface area contributed by atoms with E-state index in [9.17, 15) is 4.79 Å². The van der Waals surface area contributed by atoms with Crippen molar-refractivity contribution in [3.8, 4) is 11.8 Å². The monoisotopic (exact) mass is 286 g/mol. The first-order chi connectivity index (χ1) is 10.1. The molecule has 0 aliphatic heterocycles. The molecule has 2 aromatic rings. The number of hydrogen-bond acceptors (Lipinski definition) is 6. The lowest BCUT2D eigenvalue weighted by Crippen LogP contribution is -2.26. The number of hydrogen-bond donors (Lipinski definition) is 0. The van der Waals surface area contributed by atoms with Gasteiger partial charge in [0.15, 0.2) is 6.10 Å². The van der Waals surface area contributed by atoms with Crippen LogP contribution in [-0.4, -0.2) is 17.2 Å². The Balaban J connectivity index is 1.85. The molecular weight excluding hydrogens is 272 g/mol. The van der Waals surface area contributed by atoms with Crippen LogP contribution in [0, 0.1) is 18.3 Å². The first-order valence-electron chi connectivity index (χ1n) is 6.34. The molecule has 0 aliphatic rings. The third-order valence-corrected chi connectivity index (χ3v) is 2.67. The fraction of sp³-hybridized carbons (Fsp3) is 0.267. The van der Waals surface area contributed by atoms with Crippen molar-refractivity contribution in [2.45, 2.75) is 26.6 Å². The third kappa shape index (κ3) is 4.08.